The maximum atomic E-state index is 13.0. The van der Waals surface area contributed by atoms with E-state index in [0.717, 1.165) is 12.1 Å². The second kappa shape index (κ2) is 6.56. The van der Waals surface area contributed by atoms with E-state index < -0.39 is 11.7 Å². The summed E-state index contributed by atoms with van der Waals surface area (Å²) in [6.45, 7) is 1.77. The molecule has 0 saturated heterocycles. The van der Waals surface area contributed by atoms with Crippen LogP contribution in [0.3, 0.4) is 0 Å². The molecule has 8 heteroatoms. The summed E-state index contributed by atoms with van der Waals surface area (Å²) in [5, 5.41) is 4.19. The summed E-state index contributed by atoms with van der Waals surface area (Å²) in [5.74, 6) is -0.346. The number of carbonyl (C=O) groups is 1. The van der Waals surface area contributed by atoms with E-state index in [1.165, 1.54) is 29.2 Å². The number of rotatable bonds is 3. The summed E-state index contributed by atoms with van der Waals surface area (Å²) < 4.78 is 40.5. The van der Waals surface area contributed by atoms with Crippen molar-refractivity contribution in [3.63, 3.8) is 0 Å². The highest BCUT2D eigenvalue weighted by Gasteiger charge is 2.30. The third kappa shape index (κ3) is 3.02. The van der Waals surface area contributed by atoms with Gasteiger partial charge in [0.15, 0.2) is 5.65 Å². The molecule has 0 atom stereocenters. The standard InChI is InChI=1S/C20H13F3N4O/c1-12-4-3-8-24-17(12)18(28)15-11-26-27-16(7-9-25-19(15)27)13-5-2-6-14(10-13)20(21,22)23/h2-11H,1H3. The number of alkyl halides is 3. The Hall–Kier alpha value is -3.55. The summed E-state index contributed by atoms with van der Waals surface area (Å²) in [4.78, 5) is 21.2. The van der Waals surface area contributed by atoms with Gasteiger partial charge in [-0.2, -0.15) is 18.3 Å². The van der Waals surface area contributed by atoms with Crippen molar-refractivity contribution in [3.8, 4) is 11.3 Å². The number of halogens is 3. The highest BCUT2D eigenvalue weighted by Crippen LogP contribution is 2.32. The van der Waals surface area contributed by atoms with Crippen LogP contribution in [0.5, 0.6) is 0 Å². The zero-order chi connectivity index (χ0) is 19.9. The van der Waals surface area contributed by atoms with Crippen LogP contribution in [0.15, 0.2) is 61.1 Å². The summed E-state index contributed by atoms with van der Waals surface area (Å²) in [6, 6.07) is 9.98. The zero-order valence-corrected chi connectivity index (χ0v) is 14.6. The predicted molar refractivity (Wildman–Crippen MR) is 95.8 cm³/mol. The smallest absolute Gasteiger partial charge is 0.287 e. The van der Waals surface area contributed by atoms with E-state index in [1.54, 1.807) is 31.2 Å². The fraction of sp³-hybridized carbons (Fsp3) is 0.100. The molecule has 0 unspecified atom stereocenters. The van der Waals surface area contributed by atoms with E-state index in [2.05, 4.69) is 15.1 Å². The van der Waals surface area contributed by atoms with Crippen LogP contribution in [0.25, 0.3) is 16.9 Å². The van der Waals surface area contributed by atoms with E-state index in [0.29, 0.717) is 16.8 Å². The monoisotopic (exact) mass is 382 g/mol. The molecule has 0 spiro atoms. The van der Waals surface area contributed by atoms with Crippen molar-refractivity contribution < 1.29 is 18.0 Å². The molecule has 4 rings (SSSR count). The Balaban J connectivity index is 1.84. The summed E-state index contributed by atoms with van der Waals surface area (Å²) in [5.41, 5.74) is 1.43. The van der Waals surface area contributed by atoms with Gasteiger partial charge in [-0.05, 0) is 36.8 Å². The molecule has 0 saturated carbocycles. The molecule has 0 N–H and O–H groups in total. The predicted octanol–water partition coefficient (Wildman–Crippen LogP) is 4.35. The van der Waals surface area contributed by atoms with Gasteiger partial charge >= 0.3 is 6.18 Å². The first kappa shape index (κ1) is 17.8. The van der Waals surface area contributed by atoms with Gasteiger partial charge in [-0.15, -0.1) is 0 Å². The Morgan fingerprint density at radius 1 is 1.04 bits per heavy atom. The normalized spacial score (nSPS) is 11.7. The Kier molecular flexibility index (Phi) is 4.18. The van der Waals surface area contributed by atoms with Gasteiger partial charge in [-0.3, -0.25) is 9.78 Å². The van der Waals surface area contributed by atoms with Crippen LogP contribution in [0.4, 0.5) is 13.2 Å². The van der Waals surface area contributed by atoms with Crippen molar-refractivity contribution in [2.45, 2.75) is 13.1 Å². The van der Waals surface area contributed by atoms with Crippen LogP contribution in [0.1, 0.15) is 27.2 Å². The Morgan fingerprint density at radius 2 is 1.86 bits per heavy atom. The molecule has 28 heavy (non-hydrogen) atoms. The highest BCUT2D eigenvalue weighted by atomic mass is 19.4. The Labute approximate surface area is 157 Å². The zero-order valence-electron chi connectivity index (χ0n) is 14.6. The minimum absolute atomic E-state index is 0.232. The van der Waals surface area contributed by atoms with Crippen molar-refractivity contribution >= 4 is 11.4 Å². The van der Waals surface area contributed by atoms with E-state index in [-0.39, 0.29) is 22.7 Å². The molecule has 5 nitrogen and oxygen atoms in total. The number of ketones is 1. The molecule has 1 aromatic carbocycles. The molecule has 4 aromatic rings. The number of hydrogen-bond donors (Lipinski definition) is 0. The van der Waals surface area contributed by atoms with Crippen LogP contribution in [-0.4, -0.2) is 25.4 Å². The fourth-order valence-electron chi connectivity index (χ4n) is 2.98. The average Bonchev–Trinajstić information content (AvgIpc) is 3.11. The van der Waals surface area contributed by atoms with Gasteiger partial charge in [0.1, 0.15) is 5.69 Å². The lowest BCUT2D eigenvalue weighted by atomic mass is 10.1. The number of pyridine rings is 1. The van der Waals surface area contributed by atoms with Crippen molar-refractivity contribution in [1.29, 1.82) is 0 Å². The SMILES string of the molecule is Cc1cccnc1C(=O)c1cnn2c(-c3cccc(C(F)(F)F)c3)ccnc12. The second-order valence-corrected chi connectivity index (χ2v) is 6.20. The summed E-state index contributed by atoms with van der Waals surface area (Å²) in [7, 11) is 0. The van der Waals surface area contributed by atoms with Gasteiger partial charge in [0.25, 0.3) is 0 Å². The van der Waals surface area contributed by atoms with E-state index in [4.69, 9.17) is 0 Å². The first-order valence-corrected chi connectivity index (χ1v) is 8.33. The second-order valence-electron chi connectivity index (χ2n) is 6.20. The number of benzene rings is 1. The topological polar surface area (TPSA) is 60.2 Å². The van der Waals surface area contributed by atoms with Gasteiger partial charge in [-0.1, -0.05) is 18.2 Å². The largest absolute Gasteiger partial charge is 0.416 e. The van der Waals surface area contributed by atoms with E-state index in [1.807, 2.05) is 0 Å². The summed E-state index contributed by atoms with van der Waals surface area (Å²) >= 11 is 0. The van der Waals surface area contributed by atoms with Crippen LogP contribution in [-0.2, 0) is 6.18 Å². The quantitative estimate of drug-likeness (QED) is 0.494. The van der Waals surface area contributed by atoms with Crippen molar-refractivity contribution in [1.82, 2.24) is 19.6 Å². The highest BCUT2D eigenvalue weighted by molar-refractivity contribution is 6.12. The van der Waals surface area contributed by atoms with Gasteiger partial charge in [0.2, 0.25) is 5.78 Å². The molecular formula is C20H13F3N4O. The number of nitrogens with zero attached hydrogens (tertiary/aromatic N) is 4. The molecular weight excluding hydrogens is 369 g/mol. The fourth-order valence-corrected chi connectivity index (χ4v) is 2.98. The lowest BCUT2D eigenvalue weighted by Crippen LogP contribution is -2.07. The minimum Gasteiger partial charge on any atom is -0.287 e. The minimum atomic E-state index is -4.45. The number of aromatic nitrogens is 4. The maximum Gasteiger partial charge on any atom is 0.416 e. The van der Waals surface area contributed by atoms with Crippen LogP contribution in [0, 0.1) is 6.92 Å². The van der Waals surface area contributed by atoms with Crippen molar-refractivity contribution in [2.75, 3.05) is 0 Å². The molecule has 0 fully saturated rings. The average molecular weight is 382 g/mol. The molecule has 3 aromatic heterocycles. The third-order valence-corrected chi connectivity index (χ3v) is 4.36. The Morgan fingerprint density at radius 3 is 2.61 bits per heavy atom. The van der Waals surface area contributed by atoms with Crippen molar-refractivity contribution in [3.05, 3.63) is 83.4 Å². The first-order valence-electron chi connectivity index (χ1n) is 8.33. The van der Waals surface area contributed by atoms with Crippen LogP contribution < -0.4 is 0 Å². The lowest BCUT2D eigenvalue weighted by molar-refractivity contribution is -0.137. The number of hydrogen-bond acceptors (Lipinski definition) is 4. The van der Waals surface area contributed by atoms with Gasteiger partial charge in [0.05, 0.1) is 23.0 Å². The molecule has 3 heterocycles. The number of carbonyl (C=O) groups excluding carboxylic acids is 1. The maximum absolute atomic E-state index is 13.0. The molecule has 0 radical (unpaired) electrons. The van der Waals surface area contributed by atoms with Gasteiger partial charge in [0, 0.05) is 18.0 Å². The Bertz CT molecular complexity index is 1200. The summed E-state index contributed by atoms with van der Waals surface area (Å²) in [6.07, 6.45) is -0.137. The van der Waals surface area contributed by atoms with Gasteiger partial charge < -0.3 is 0 Å². The third-order valence-electron chi connectivity index (χ3n) is 4.36. The molecule has 0 aliphatic rings. The molecule has 140 valence electrons. The lowest BCUT2D eigenvalue weighted by Gasteiger charge is -2.10. The molecule has 0 amide bonds. The number of fused-ring (bicyclic) bond motifs is 1. The van der Waals surface area contributed by atoms with E-state index in [9.17, 15) is 18.0 Å². The first-order chi connectivity index (χ1) is 13.4. The van der Waals surface area contributed by atoms with Gasteiger partial charge in [-0.25, -0.2) is 9.50 Å². The van der Waals surface area contributed by atoms with E-state index >= 15 is 0 Å². The number of aryl methyl sites for hydroxylation is 1. The molecule has 0 bridgehead atoms. The van der Waals surface area contributed by atoms with Crippen LogP contribution >= 0.6 is 0 Å². The molecule has 0 aliphatic carbocycles. The van der Waals surface area contributed by atoms with Crippen molar-refractivity contribution in [2.24, 2.45) is 0 Å². The van der Waals surface area contributed by atoms with Crippen LogP contribution in [0.2, 0.25) is 0 Å². The molecule has 0 aliphatic heterocycles.